The van der Waals surface area contributed by atoms with Crippen molar-refractivity contribution in [3.63, 3.8) is 0 Å². The van der Waals surface area contributed by atoms with Crippen LogP contribution in [0.15, 0.2) is 54.6 Å². The molecule has 0 amide bonds. The van der Waals surface area contributed by atoms with E-state index in [2.05, 4.69) is 34.1 Å². The van der Waals surface area contributed by atoms with E-state index in [0.29, 0.717) is 18.2 Å². The molecular weight excluding hydrogens is 324 g/mol. The summed E-state index contributed by atoms with van der Waals surface area (Å²) in [5.41, 5.74) is 1.27. The number of halogens is 1. The number of ether oxygens (including phenoxy) is 1. The van der Waals surface area contributed by atoms with Gasteiger partial charge in [0.1, 0.15) is 18.5 Å². The molecular formula is C19H23ClN2O2. The van der Waals surface area contributed by atoms with Crippen LogP contribution in [0.4, 0.5) is 5.69 Å². The van der Waals surface area contributed by atoms with E-state index < -0.39 is 6.10 Å². The maximum absolute atomic E-state index is 10.2. The second-order valence-electron chi connectivity index (χ2n) is 6.04. The second-order valence-corrected chi connectivity index (χ2v) is 6.48. The molecule has 0 bridgehead atoms. The molecule has 1 N–H and O–H groups in total. The van der Waals surface area contributed by atoms with Crippen molar-refractivity contribution in [3.8, 4) is 5.75 Å². The summed E-state index contributed by atoms with van der Waals surface area (Å²) in [4.78, 5) is 4.67. The van der Waals surface area contributed by atoms with Crippen LogP contribution in [0, 0.1) is 0 Å². The first-order valence-electron chi connectivity index (χ1n) is 8.29. The third-order valence-electron chi connectivity index (χ3n) is 4.22. The zero-order valence-corrected chi connectivity index (χ0v) is 14.4. The Morgan fingerprint density at radius 1 is 0.958 bits per heavy atom. The summed E-state index contributed by atoms with van der Waals surface area (Å²) in [7, 11) is 0. The quantitative estimate of drug-likeness (QED) is 0.872. The minimum Gasteiger partial charge on any atom is -0.491 e. The number of β-amino-alcohol motifs (C(OH)–C–C–N with tert-alkyl or cyclic N) is 1. The van der Waals surface area contributed by atoms with Crippen LogP contribution in [0.5, 0.6) is 5.75 Å². The Balaban J connectivity index is 1.40. The minimum absolute atomic E-state index is 0.292. The van der Waals surface area contributed by atoms with Crippen LogP contribution in [-0.2, 0) is 0 Å². The predicted octanol–water partition coefficient (Wildman–Crippen LogP) is 2.90. The van der Waals surface area contributed by atoms with Crippen LogP contribution < -0.4 is 9.64 Å². The zero-order chi connectivity index (χ0) is 16.8. The molecule has 0 aliphatic carbocycles. The molecule has 0 radical (unpaired) electrons. The molecule has 0 spiro atoms. The lowest BCUT2D eigenvalue weighted by molar-refractivity contribution is 0.0663. The molecule has 2 aromatic rings. The molecule has 0 aromatic heterocycles. The van der Waals surface area contributed by atoms with Gasteiger partial charge in [0, 0.05) is 43.4 Å². The highest BCUT2D eigenvalue weighted by Gasteiger charge is 2.19. The molecule has 0 unspecified atom stereocenters. The Morgan fingerprint density at radius 3 is 2.29 bits per heavy atom. The molecule has 1 heterocycles. The lowest BCUT2D eigenvalue weighted by Crippen LogP contribution is -2.49. The first-order valence-corrected chi connectivity index (χ1v) is 8.67. The van der Waals surface area contributed by atoms with Crippen molar-refractivity contribution in [1.82, 2.24) is 4.90 Å². The van der Waals surface area contributed by atoms with Crippen LogP contribution in [0.1, 0.15) is 0 Å². The summed E-state index contributed by atoms with van der Waals surface area (Å²) >= 11 is 5.84. The van der Waals surface area contributed by atoms with E-state index in [1.807, 2.05) is 18.2 Å². The van der Waals surface area contributed by atoms with Gasteiger partial charge in [0.05, 0.1) is 0 Å². The van der Waals surface area contributed by atoms with Gasteiger partial charge in [-0.05, 0) is 36.4 Å². The molecule has 1 aliphatic heterocycles. The van der Waals surface area contributed by atoms with Gasteiger partial charge in [-0.1, -0.05) is 29.8 Å². The summed E-state index contributed by atoms with van der Waals surface area (Å²) < 4.78 is 5.61. The molecule has 5 heteroatoms. The molecule has 1 fully saturated rings. The van der Waals surface area contributed by atoms with E-state index in [4.69, 9.17) is 16.3 Å². The standard InChI is InChI=1S/C19H23ClN2O2/c20-16-6-8-19(9-7-16)24-15-18(23)14-21-10-12-22(13-11-21)17-4-2-1-3-5-17/h1-9,18,23H,10-15H2/t18-/m0/s1. The summed E-state index contributed by atoms with van der Waals surface area (Å²) in [6.07, 6.45) is -0.496. The topological polar surface area (TPSA) is 35.9 Å². The van der Waals surface area contributed by atoms with Crippen LogP contribution in [0.2, 0.25) is 5.02 Å². The van der Waals surface area contributed by atoms with Crippen molar-refractivity contribution in [2.24, 2.45) is 0 Å². The second kappa shape index (κ2) is 8.38. The van der Waals surface area contributed by atoms with E-state index in [0.717, 1.165) is 31.9 Å². The molecule has 1 aliphatic rings. The monoisotopic (exact) mass is 346 g/mol. The van der Waals surface area contributed by atoms with Crippen LogP contribution >= 0.6 is 11.6 Å². The molecule has 3 rings (SSSR count). The Labute approximate surface area is 148 Å². The molecule has 2 aromatic carbocycles. The van der Waals surface area contributed by atoms with Crippen molar-refractivity contribution >= 4 is 17.3 Å². The van der Waals surface area contributed by atoms with E-state index in [1.165, 1.54) is 5.69 Å². The number of hydrogen-bond acceptors (Lipinski definition) is 4. The van der Waals surface area contributed by atoms with Gasteiger partial charge in [-0.2, -0.15) is 0 Å². The van der Waals surface area contributed by atoms with Gasteiger partial charge in [0.2, 0.25) is 0 Å². The normalized spacial score (nSPS) is 16.8. The first kappa shape index (κ1) is 17.1. The van der Waals surface area contributed by atoms with Crippen molar-refractivity contribution < 1.29 is 9.84 Å². The van der Waals surface area contributed by atoms with Crippen molar-refractivity contribution in [1.29, 1.82) is 0 Å². The van der Waals surface area contributed by atoms with Gasteiger partial charge in [0.15, 0.2) is 0 Å². The van der Waals surface area contributed by atoms with Crippen LogP contribution in [0.25, 0.3) is 0 Å². The highest BCUT2D eigenvalue weighted by atomic mass is 35.5. The number of benzene rings is 2. The largest absolute Gasteiger partial charge is 0.491 e. The molecule has 24 heavy (non-hydrogen) atoms. The van der Waals surface area contributed by atoms with Crippen molar-refractivity contribution in [2.75, 3.05) is 44.2 Å². The third kappa shape index (κ3) is 4.87. The molecule has 128 valence electrons. The number of hydrogen-bond donors (Lipinski definition) is 1. The fraction of sp³-hybridized carbons (Fsp3) is 0.368. The maximum atomic E-state index is 10.2. The summed E-state index contributed by atoms with van der Waals surface area (Å²) in [5.74, 6) is 0.729. The van der Waals surface area contributed by atoms with Gasteiger partial charge in [-0.3, -0.25) is 4.90 Å². The highest BCUT2D eigenvalue weighted by Crippen LogP contribution is 2.17. The van der Waals surface area contributed by atoms with E-state index in [1.54, 1.807) is 12.1 Å². The molecule has 0 saturated carbocycles. The number of piperazine rings is 1. The van der Waals surface area contributed by atoms with Crippen molar-refractivity contribution in [3.05, 3.63) is 59.6 Å². The Morgan fingerprint density at radius 2 is 1.62 bits per heavy atom. The average molecular weight is 347 g/mol. The van der Waals surface area contributed by atoms with Crippen LogP contribution in [0.3, 0.4) is 0 Å². The summed E-state index contributed by atoms with van der Waals surface area (Å²) in [6, 6.07) is 17.7. The number of nitrogens with zero attached hydrogens (tertiary/aromatic N) is 2. The average Bonchev–Trinajstić information content (AvgIpc) is 2.63. The van der Waals surface area contributed by atoms with Gasteiger partial charge in [-0.15, -0.1) is 0 Å². The van der Waals surface area contributed by atoms with Crippen LogP contribution in [-0.4, -0.2) is 55.4 Å². The number of para-hydroxylation sites is 1. The smallest absolute Gasteiger partial charge is 0.119 e. The first-order chi connectivity index (χ1) is 11.7. The summed E-state index contributed by atoms with van der Waals surface area (Å²) in [5, 5.41) is 10.9. The maximum Gasteiger partial charge on any atom is 0.119 e. The fourth-order valence-electron chi connectivity index (χ4n) is 2.90. The van der Waals surface area contributed by atoms with Gasteiger partial charge in [0.25, 0.3) is 0 Å². The number of aliphatic hydroxyl groups is 1. The van der Waals surface area contributed by atoms with Gasteiger partial charge in [-0.25, -0.2) is 0 Å². The number of rotatable bonds is 6. The third-order valence-corrected chi connectivity index (χ3v) is 4.47. The number of aliphatic hydroxyl groups excluding tert-OH is 1. The lowest BCUT2D eigenvalue weighted by Gasteiger charge is -2.36. The van der Waals surface area contributed by atoms with E-state index in [-0.39, 0.29) is 0 Å². The predicted molar refractivity (Wildman–Crippen MR) is 98.0 cm³/mol. The molecule has 1 saturated heterocycles. The fourth-order valence-corrected chi connectivity index (χ4v) is 3.03. The Kier molecular flexibility index (Phi) is 5.96. The minimum atomic E-state index is -0.496. The van der Waals surface area contributed by atoms with Gasteiger partial charge < -0.3 is 14.7 Å². The van der Waals surface area contributed by atoms with E-state index >= 15 is 0 Å². The molecule has 1 atom stereocenters. The molecule has 4 nitrogen and oxygen atoms in total. The van der Waals surface area contributed by atoms with E-state index in [9.17, 15) is 5.11 Å². The highest BCUT2D eigenvalue weighted by molar-refractivity contribution is 6.30. The lowest BCUT2D eigenvalue weighted by atomic mass is 10.2. The Bertz CT molecular complexity index is 613. The van der Waals surface area contributed by atoms with Crippen molar-refractivity contribution in [2.45, 2.75) is 6.10 Å². The van der Waals surface area contributed by atoms with Gasteiger partial charge >= 0.3 is 0 Å². The SMILES string of the molecule is O[C@H](COc1ccc(Cl)cc1)CN1CCN(c2ccccc2)CC1. The Hall–Kier alpha value is -1.75. The number of anilines is 1. The zero-order valence-electron chi connectivity index (χ0n) is 13.6. The summed E-state index contributed by atoms with van der Waals surface area (Å²) in [6.45, 7) is 4.79.